The molecule has 1 unspecified atom stereocenters. The zero-order valence-corrected chi connectivity index (χ0v) is 19.0. The number of aliphatic hydroxyl groups is 1. The molecule has 2 aromatic heterocycles. The minimum atomic E-state index is -0.0966. The van der Waals surface area contributed by atoms with Gasteiger partial charge in [-0.15, -0.1) is 11.3 Å². The minimum Gasteiger partial charge on any atom is -0.396 e. The predicted molar refractivity (Wildman–Crippen MR) is 124 cm³/mol. The van der Waals surface area contributed by atoms with E-state index in [1.165, 1.54) is 4.88 Å². The fraction of sp³-hybridized carbons (Fsp3) is 0.500. The first-order valence-corrected chi connectivity index (χ1v) is 11.9. The van der Waals surface area contributed by atoms with E-state index in [1.807, 2.05) is 18.2 Å². The third kappa shape index (κ3) is 5.10. The van der Waals surface area contributed by atoms with Gasteiger partial charge in [-0.1, -0.05) is 33.3 Å². The minimum absolute atomic E-state index is 0.000271. The molecule has 2 heterocycles. The Morgan fingerprint density at radius 3 is 2.63 bits per heavy atom. The summed E-state index contributed by atoms with van der Waals surface area (Å²) in [6.45, 7) is 6.59. The first-order valence-electron chi connectivity index (χ1n) is 11.1. The Hall–Kier alpha value is -2.18. The maximum Gasteiger partial charge on any atom is 0.251 e. The normalized spacial score (nSPS) is 12.6. The van der Waals surface area contributed by atoms with Gasteiger partial charge in [0.2, 0.25) is 0 Å². The summed E-state index contributed by atoms with van der Waals surface area (Å²) in [6.07, 6.45) is 5.30. The van der Waals surface area contributed by atoms with Crippen LogP contribution in [-0.4, -0.2) is 33.2 Å². The fourth-order valence-electron chi connectivity index (χ4n) is 4.11. The van der Waals surface area contributed by atoms with Crippen LogP contribution in [0.4, 0.5) is 0 Å². The van der Waals surface area contributed by atoms with E-state index in [2.05, 4.69) is 48.2 Å². The lowest BCUT2D eigenvalue weighted by atomic mass is 10.1. The Morgan fingerprint density at radius 1 is 1.20 bits per heavy atom. The van der Waals surface area contributed by atoms with Crippen molar-refractivity contribution in [3.05, 3.63) is 52.0 Å². The van der Waals surface area contributed by atoms with Crippen LogP contribution in [0.15, 0.2) is 35.7 Å². The number of imidazole rings is 1. The number of thiophene rings is 1. The fourth-order valence-corrected chi connectivity index (χ4v) is 4.81. The lowest BCUT2D eigenvalue weighted by molar-refractivity contribution is 0.0928. The van der Waals surface area contributed by atoms with Crippen LogP contribution in [-0.2, 0) is 6.42 Å². The van der Waals surface area contributed by atoms with Crippen molar-refractivity contribution in [2.75, 3.05) is 6.61 Å². The van der Waals surface area contributed by atoms with Gasteiger partial charge in [0.15, 0.2) is 0 Å². The summed E-state index contributed by atoms with van der Waals surface area (Å²) in [4.78, 5) is 19.1. The highest BCUT2D eigenvalue weighted by Gasteiger charge is 2.19. The molecule has 0 radical (unpaired) electrons. The van der Waals surface area contributed by atoms with E-state index in [1.54, 1.807) is 11.3 Å². The van der Waals surface area contributed by atoms with Crippen molar-refractivity contribution in [2.24, 2.45) is 0 Å². The second-order valence-electron chi connectivity index (χ2n) is 7.80. The van der Waals surface area contributed by atoms with Gasteiger partial charge in [0.1, 0.15) is 5.82 Å². The molecule has 1 amide bonds. The highest BCUT2D eigenvalue weighted by Crippen LogP contribution is 2.28. The number of carbonyl (C=O) groups is 1. The molecule has 0 fully saturated rings. The summed E-state index contributed by atoms with van der Waals surface area (Å²) in [6, 6.07) is 10.5. The molecule has 30 heavy (non-hydrogen) atoms. The van der Waals surface area contributed by atoms with E-state index in [0.717, 1.165) is 49.0 Å². The highest BCUT2D eigenvalue weighted by molar-refractivity contribution is 7.09. The molecule has 0 spiro atoms. The van der Waals surface area contributed by atoms with Gasteiger partial charge in [0, 0.05) is 35.6 Å². The molecule has 0 aliphatic heterocycles. The van der Waals surface area contributed by atoms with E-state index in [9.17, 15) is 9.90 Å². The third-order valence-electron chi connectivity index (χ3n) is 5.69. The van der Waals surface area contributed by atoms with Gasteiger partial charge in [0.05, 0.1) is 11.0 Å². The van der Waals surface area contributed by atoms with Crippen LogP contribution < -0.4 is 5.32 Å². The third-order valence-corrected chi connectivity index (χ3v) is 6.57. The molecule has 5 nitrogen and oxygen atoms in total. The van der Waals surface area contributed by atoms with Crippen molar-refractivity contribution < 1.29 is 9.90 Å². The second-order valence-corrected chi connectivity index (χ2v) is 8.83. The number of aromatic nitrogens is 2. The van der Waals surface area contributed by atoms with Crippen LogP contribution in [0, 0.1) is 0 Å². The smallest absolute Gasteiger partial charge is 0.251 e. The summed E-state index contributed by atoms with van der Waals surface area (Å²) in [5, 5.41) is 14.4. The molecule has 0 bridgehead atoms. The van der Waals surface area contributed by atoms with Crippen LogP contribution in [0.1, 0.15) is 80.0 Å². The second kappa shape index (κ2) is 10.7. The Balaban J connectivity index is 1.94. The molecule has 3 rings (SSSR count). The number of hydrogen-bond donors (Lipinski definition) is 2. The maximum atomic E-state index is 12.8. The summed E-state index contributed by atoms with van der Waals surface area (Å²) < 4.78 is 2.36. The van der Waals surface area contributed by atoms with Crippen molar-refractivity contribution in [3.63, 3.8) is 0 Å². The maximum absolute atomic E-state index is 12.8. The van der Waals surface area contributed by atoms with Gasteiger partial charge in [-0.3, -0.25) is 4.79 Å². The Kier molecular flexibility index (Phi) is 8.05. The number of nitrogens with zero attached hydrogens (tertiary/aromatic N) is 2. The van der Waals surface area contributed by atoms with E-state index in [4.69, 9.17) is 4.98 Å². The zero-order chi connectivity index (χ0) is 21.5. The number of amides is 1. The number of nitrogens with one attached hydrogen (secondary N) is 1. The van der Waals surface area contributed by atoms with Crippen molar-refractivity contribution in [2.45, 2.75) is 71.4 Å². The predicted octanol–water partition coefficient (Wildman–Crippen LogP) is 5.33. The Morgan fingerprint density at radius 2 is 2.00 bits per heavy atom. The molecular weight excluding hydrogens is 394 g/mol. The average molecular weight is 428 g/mol. The van der Waals surface area contributed by atoms with Crippen LogP contribution in [0.3, 0.4) is 0 Å². The number of carbonyl (C=O) groups excluding carboxylic acids is 1. The first kappa shape index (κ1) is 22.5. The number of fused-ring (bicyclic) bond motifs is 1. The molecule has 162 valence electrons. The van der Waals surface area contributed by atoms with Crippen LogP contribution >= 0.6 is 11.3 Å². The van der Waals surface area contributed by atoms with Crippen molar-refractivity contribution in [1.29, 1.82) is 0 Å². The topological polar surface area (TPSA) is 67.2 Å². The largest absolute Gasteiger partial charge is 0.396 e. The molecule has 0 aliphatic rings. The lowest BCUT2D eigenvalue weighted by Gasteiger charge is -2.19. The van der Waals surface area contributed by atoms with Crippen LogP contribution in [0.5, 0.6) is 0 Å². The van der Waals surface area contributed by atoms with Crippen LogP contribution in [0.25, 0.3) is 11.0 Å². The van der Waals surface area contributed by atoms with Gasteiger partial charge >= 0.3 is 0 Å². The summed E-state index contributed by atoms with van der Waals surface area (Å²) in [7, 11) is 0. The number of rotatable bonds is 11. The summed E-state index contributed by atoms with van der Waals surface area (Å²) in [5.74, 6) is 0.962. The highest BCUT2D eigenvalue weighted by atomic mass is 32.1. The molecule has 3 aromatic rings. The van der Waals surface area contributed by atoms with Gasteiger partial charge in [0.25, 0.3) is 5.91 Å². The van der Waals surface area contributed by atoms with Gasteiger partial charge in [-0.05, 0) is 55.3 Å². The molecule has 1 aromatic carbocycles. The molecule has 0 saturated heterocycles. The number of benzene rings is 1. The standard InChI is InChI=1S/C24H33N3O2S/c1-4-8-18(12-13-28)25-24(29)17-10-11-22-21(15-17)26-23(16-20-9-7-14-30-20)27(22)19(5-2)6-3/h7,9-11,14-15,18-19,28H,4-6,8,12-13,16H2,1-3H3,(H,25,29). The molecule has 2 N–H and O–H groups in total. The number of hydrogen-bond acceptors (Lipinski definition) is 4. The SMILES string of the molecule is CCCC(CCO)NC(=O)c1ccc2c(c1)nc(Cc1cccs1)n2C(CC)CC. The first-order chi connectivity index (χ1) is 14.6. The van der Waals surface area contributed by atoms with Gasteiger partial charge < -0.3 is 15.0 Å². The van der Waals surface area contributed by atoms with Gasteiger partial charge in [-0.25, -0.2) is 4.98 Å². The molecule has 6 heteroatoms. The zero-order valence-electron chi connectivity index (χ0n) is 18.2. The van der Waals surface area contributed by atoms with E-state index < -0.39 is 0 Å². The Bertz CT molecular complexity index is 939. The van der Waals surface area contributed by atoms with Crippen LogP contribution in [0.2, 0.25) is 0 Å². The van der Waals surface area contributed by atoms with E-state index >= 15 is 0 Å². The van der Waals surface area contributed by atoms with Crippen molar-refractivity contribution in [3.8, 4) is 0 Å². The van der Waals surface area contributed by atoms with Gasteiger partial charge in [-0.2, -0.15) is 0 Å². The quantitative estimate of drug-likeness (QED) is 0.435. The van der Waals surface area contributed by atoms with Crippen molar-refractivity contribution >= 4 is 28.3 Å². The lowest BCUT2D eigenvalue weighted by Crippen LogP contribution is -2.35. The monoisotopic (exact) mass is 427 g/mol. The molecular formula is C24H33N3O2S. The number of aliphatic hydroxyl groups excluding tert-OH is 1. The molecule has 1 atom stereocenters. The summed E-state index contributed by atoms with van der Waals surface area (Å²) in [5.41, 5.74) is 2.58. The van der Waals surface area contributed by atoms with E-state index in [0.29, 0.717) is 18.0 Å². The molecule has 0 saturated carbocycles. The Labute approximate surface area is 183 Å². The average Bonchev–Trinajstić information content (AvgIpc) is 3.37. The van der Waals surface area contributed by atoms with E-state index in [-0.39, 0.29) is 18.6 Å². The summed E-state index contributed by atoms with van der Waals surface area (Å²) >= 11 is 1.75. The molecule has 0 aliphatic carbocycles. The van der Waals surface area contributed by atoms with Crippen molar-refractivity contribution in [1.82, 2.24) is 14.9 Å².